The number of nitrogens with one attached hydrogen (secondary N) is 1. The predicted octanol–water partition coefficient (Wildman–Crippen LogP) is 3.70. The van der Waals surface area contributed by atoms with Crippen molar-refractivity contribution in [1.82, 2.24) is 14.7 Å². The van der Waals surface area contributed by atoms with Crippen molar-refractivity contribution in [2.24, 2.45) is 5.92 Å². The second-order valence-corrected chi connectivity index (χ2v) is 8.54. The van der Waals surface area contributed by atoms with Gasteiger partial charge < -0.3 is 10.1 Å². The van der Waals surface area contributed by atoms with Gasteiger partial charge in [-0.3, -0.25) is 19.3 Å². The van der Waals surface area contributed by atoms with Gasteiger partial charge in [0.25, 0.3) is 11.8 Å². The molecule has 0 saturated carbocycles. The number of carbonyl (C=O) groups is 4. The Morgan fingerprint density at radius 2 is 1.57 bits per heavy atom. The third kappa shape index (κ3) is 4.57. The van der Waals surface area contributed by atoms with Crippen LogP contribution in [0.25, 0.3) is 5.69 Å². The molecule has 1 aliphatic heterocycles. The number of fused-ring (bicyclic) bond motifs is 1. The summed E-state index contributed by atoms with van der Waals surface area (Å²) in [7, 11) is 0. The van der Waals surface area contributed by atoms with Gasteiger partial charge >= 0.3 is 5.97 Å². The highest BCUT2D eigenvalue weighted by molar-refractivity contribution is 6.23. The van der Waals surface area contributed by atoms with Crippen LogP contribution in [0.15, 0.2) is 60.8 Å². The molecule has 35 heavy (non-hydrogen) atoms. The minimum absolute atomic E-state index is 0.00127. The van der Waals surface area contributed by atoms with E-state index < -0.39 is 29.7 Å². The lowest BCUT2D eigenvalue weighted by Gasteiger charge is -2.27. The number of nitrogens with zero attached hydrogens (tertiary/aromatic N) is 3. The van der Waals surface area contributed by atoms with Gasteiger partial charge in [-0.1, -0.05) is 44.2 Å². The first-order chi connectivity index (χ1) is 16.8. The summed E-state index contributed by atoms with van der Waals surface area (Å²) in [6.45, 7) is 5.62. The average molecular weight is 475 g/mol. The molecule has 0 fully saturated rings. The van der Waals surface area contributed by atoms with Crippen LogP contribution in [0.5, 0.6) is 0 Å². The molecule has 0 saturated heterocycles. The van der Waals surface area contributed by atoms with Crippen LogP contribution in [-0.2, 0) is 9.53 Å². The summed E-state index contributed by atoms with van der Waals surface area (Å²) in [6.07, 6.45) is 1.56. The number of esters is 1. The fourth-order valence-electron chi connectivity index (χ4n) is 4.06. The summed E-state index contributed by atoms with van der Waals surface area (Å²) >= 11 is 0. The molecule has 0 spiro atoms. The molecule has 1 atom stereocenters. The molecule has 3 aromatic rings. The van der Waals surface area contributed by atoms with Crippen LogP contribution in [0.1, 0.15) is 58.3 Å². The number of carbonyl (C=O) groups excluding carboxylic acids is 4. The van der Waals surface area contributed by atoms with Crippen LogP contribution >= 0.6 is 0 Å². The maximum absolute atomic E-state index is 13.6. The molecule has 1 unspecified atom stereocenters. The van der Waals surface area contributed by atoms with Crippen molar-refractivity contribution in [2.75, 3.05) is 11.9 Å². The lowest BCUT2D eigenvalue weighted by atomic mass is 10.0. The molecule has 1 aliphatic rings. The number of benzene rings is 2. The largest absolute Gasteiger partial charge is 0.462 e. The van der Waals surface area contributed by atoms with E-state index in [1.54, 1.807) is 55.5 Å². The van der Waals surface area contributed by atoms with Gasteiger partial charge in [-0.05, 0) is 43.5 Å². The van der Waals surface area contributed by atoms with Crippen molar-refractivity contribution in [1.29, 1.82) is 0 Å². The van der Waals surface area contributed by atoms with E-state index in [4.69, 9.17) is 4.74 Å². The quantitative estimate of drug-likeness (QED) is 0.394. The number of hydrogen-bond donors (Lipinski definition) is 1. The first-order valence-electron chi connectivity index (χ1n) is 11.4. The van der Waals surface area contributed by atoms with Gasteiger partial charge in [0.15, 0.2) is 5.82 Å². The number of imide groups is 1. The molecule has 1 aromatic heterocycles. The molecular weight excluding hydrogens is 448 g/mol. The highest BCUT2D eigenvalue weighted by Gasteiger charge is 2.43. The van der Waals surface area contributed by atoms with Crippen molar-refractivity contribution in [3.63, 3.8) is 0 Å². The Morgan fingerprint density at radius 3 is 2.14 bits per heavy atom. The molecule has 0 radical (unpaired) electrons. The lowest BCUT2D eigenvalue weighted by Crippen LogP contribution is -2.48. The summed E-state index contributed by atoms with van der Waals surface area (Å²) in [5.41, 5.74) is 1.20. The molecule has 3 amide bonds. The van der Waals surface area contributed by atoms with Crippen LogP contribution in [0.4, 0.5) is 5.82 Å². The Hall–Kier alpha value is -4.27. The molecule has 180 valence electrons. The van der Waals surface area contributed by atoms with Crippen LogP contribution in [-0.4, -0.2) is 51.0 Å². The Bertz CT molecular complexity index is 1250. The van der Waals surface area contributed by atoms with E-state index in [0.717, 1.165) is 4.90 Å². The molecule has 0 aliphatic carbocycles. The number of hydrogen-bond acceptors (Lipinski definition) is 6. The lowest BCUT2D eigenvalue weighted by molar-refractivity contribution is -0.120. The summed E-state index contributed by atoms with van der Waals surface area (Å²) in [5, 5.41) is 7.04. The second kappa shape index (κ2) is 9.92. The summed E-state index contributed by atoms with van der Waals surface area (Å²) in [4.78, 5) is 53.5. The van der Waals surface area contributed by atoms with Gasteiger partial charge in [0.1, 0.15) is 11.6 Å². The standard InChI is InChI=1S/C26H26N4O5/c1-4-35-26(34)20-15-27-30(17-10-6-5-7-11-17)22(20)28-23(31)21(14-16(2)3)29-24(32)18-12-8-9-13-19(18)25(29)33/h5-13,15-16,21H,4,14H2,1-3H3,(H,28,31). The Morgan fingerprint density at radius 1 is 0.971 bits per heavy atom. The van der Waals surface area contributed by atoms with Crippen molar-refractivity contribution in [3.8, 4) is 5.69 Å². The van der Waals surface area contributed by atoms with Crippen LogP contribution in [0.2, 0.25) is 0 Å². The van der Waals surface area contributed by atoms with Crippen LogP contribution < -0.4 is 5.32 Å². The highest BCUT2D eigenvalue weighted by atomic mass is 16.5. The molecule has 2 aromatic carbocycles. The smallest absolute Gasteiger partial charge is 0.343 e. The molecule has 1 N–H and O–H groups in total. The second-order valence-electron chi connectivity index (χ2n) is 8.54. The molecule has 4 rings (SSSR count). The van der Waals surface area contributed by atoms with E-state index in [0.29, 0.717) is 5.69 Å². The minimum atomic E-state index is -1.09. The normalized spacial score (nSPS) is 13.7. The van der Waals surface area contributed by atoms with Crippen molar-refractivity contribution >= 4 is 29.5 Å². The SMILES string of the molecule is CCOC(=O)c1cnn(-c2ccccc2)c1NC(=O)C(CC(C)C)N1C(=O)c2ccccc2C1=O. The molecule has 9 heteroatoms. The van der Waals surface area contributed by atoms with E-state index in [1.165, 1.54) is 10.9 Å². The zero-order valence-electron chi connectivity index (χ0n) is 19.7. The van der Waals surface area contributed by atoms with Crippen molar-refractivity contribution < 1.29 is 23.9 Å². The van der Waals surface area contributed by atoms with Crippen molar-refractivity contribution in [2.45, 2.75) is 33.2 Å². The fraction of sp³-hybridized carbons (Fsp3) is 0.269. The van der Waals surface area contributed by atoms with E-state index in [9.17, 15) is 19.2 Å². The number of anilines is 1. The summed E-state index contributed by atoms with van der Waals surface area (Å²) < 4.78 is 6.55. The van der Waals surface area contributed by atoms with Crippen LogP contribution in [0.3, 0.4) is 0 Å². The fourth-order valence-corrected chi connectivity index (χ4v) is 4.06. The number of ether oxygens (including phenoxy) is 1. The third-order valence-electron chi connectivity index (χ3n) is 5.64. The van der Waals surface area contributed by atoms with E-state index >= 15 is 0 Å². The Balaban J connectivity index is 1.72. The molecule has 9 nitrogen and oxygen atoms in total. The molecular formula is C26H26N4O5. The van der Waals surface area contributed by atoms with Gasteiger partial charge in [0, 0.05) is 0 Å². The highest BCUT2D eigenvalue weighted by Crippen LogP contribution is 2.28. The Kier molecular flexibility index (Phi) is 6.77. The number of aromatic nitrogens is 2. The average Bonchev–Trinajstić information content (AvgIpc) is 3.37. The number of rotatable bonds is 8. The van der Waals surface area contributed by atoms with Crippen LogP contribution in [0, 0.1) is 5.92 Å². The number of amides is 3. The minimum Gasteiger partial charge on any atom is -0.462 e. The van der Waals surface area contributed by atoms with Gasteiger partial charge in [0.05, 0.1) is 29.6 Å². The van der Waals surface area contributed by atoms with Crippen molar-refractivity contribution in [3.05, 3.63) is 77.5 Å². The van der Waals surface area contributed by atoms with Gasteiger partial charge in [-0.15, -0.1) is 0 Å². The summed E-state index contributed by atoms with van der Waals surface area (Å²) in [5.74, 6) is -2.19. The van der Waals surface area contributed by atoms with Gasteiger partial charge in [-0.2, -0.15) is 5.10 Å². The zero-order valence-corrected chi connectivity index (χ0v) is 19.7. The van der Waals surface area contributed by atoms with Gasteiger partial charge in [-0.25, -0.2) is 9.48 Å². The van der Waals surface area contributed by atoms with E-state index in [2.05, 4.69) is 10.4 Å². The first-order valence-corrected chi connectivity index (χ1v) is 11.4. The Labute approximate surface area is 202 Å². The topological polar surface area (TPSA) is 111 Å². The zero-order chi connectivity index (χ0) is 25.1. The maximum atomic E-state index is 13.6. The number of para-hydroxylation sites is 1. The molecule has 0 bridgehead atoms. The van der Waals surface area contributed by atoms with E-state index in [-0.39, 0.29) is 41.5 Å². The third-order valence-corrected chi connectivity index (χ3v) is 5.64. The predicted molar refractivity (Wildman–Crippen MR) is 128 cm³/mol. The maximum Gasteiger partial charge on any atom is 0.343 e. The molecule has 2 heterocycles. The van der Waals surface area contributed by atoms with E-state index in [1.807, 2.05) is 19.9 Å². The first kappa shape index (κ1) is 23.9. The monoisotopic (exact) mass is 474 g/mol. The summed E-state index contributed by atoms with van der Waals surface area (Å²) in [6, 6.07) is 14.4. The van der Waals surface area contributed by atoms with Gasteiger partial charge in [0.2, 0.25) is 5.91 Å².